The van der Waals surface area contributed by atoms with Crippen LogP contribution in [0.15, 0.2) is 11.4 Å². The van der Waals surface area contributed by atoms with Gasteiger partial charge in [0.25, 0.3) is 0 Å². The maximum atomic E-state index is 11.0. The number of nitrogens with one attached hydrogen (secondary N) is 3. The Bertz CT molecular complexity index is 699. The lowest BCUT2D eigenvalue weighted by molar-refractivity contribution is 0.586. The van der Waals surface area contributed by atoms with Crippen LogP contribution in [0.1, 0.15) is 13.3 Å². The molecule has 0 radical (unpaired) electrons. The highest BCUT2D eigenvalue weighted by molar-refractivity contribution is 7.88. The number of anilines is 2. The Morgan fingerprint density at radius 3 is 2.76 bits per heavy atom. The Morgan fingerprint density at radius 2 is 2.05 bits per heavy atom. The number of rotatable bonds is 8. The van der Waals surface area contributed by atoms with Gasteiger partial charge < -0.3 is 10.6 Å². The van der Waals surface area contributed by atoms with Gasteiger partial charge in [-0.1, -0.05) is 0 Å². The van der Waals surface area contributed by atoms with Gasteiger partial charge in [-0.15, -0.1) is 11.3 Å². The molecule has 0 aliphatic carbocycles. The minimum atomic E-state index is -3.12. The van der Waals surface area contributed by atoms with E-state index in [1.165, 1.54) is 0 Å². The second-order valence-corrected chi connectivity index (χ2v) is 7.24. The maximum absolute atomic E-state index is 11.0. The van der Waals surface area contributed by atoms with Crippen molar-refractivity contribution in [2.45, 2.75) is 13.3 Å². The first-order valence-corrected chi connectivity index (χ1v) is 9.44. The molecule has 2 aromatic rings. The van der Waals surface area contributed by atoms with E-state index < -0.39 is 10.0 Å². The summed E-state index contributed by atoms with van der Waals surface area (Å²) in [5, 5.41) is 9.31. The zero-order chi connectivity index (χ0) is 15.3. The van der Waals surface area contributed by atoms with Crippen LogP contribution in [0.4, 0.5) is 11.8 Å². The van der Waals surface area contributed by atoms with Gasteiger partial charge in [-0.25, -0.2) is 18.1 Å². The Kier molecular flexibility index (Phi) is 5.32. The lowest BCUT2D eigenvalue weighted by atomic mass is 10.3. The SMILES string of the molecule is CCNc1nc(NCCCNS(C)(=O)=O)c2ccsc2n1. The van der Waals surface area contributed by atoms with Gasteiger partial charge >= 0.3 is 0 Å². The zero-order valence-electron chi connectivity index (χ0n) is 12.0. The highest BCUT2D eigenvalue weighted by atomic mass is 32.2. The first kappa shape index (κ1) is 15.9. The molecule has 0 spiro atoms. The number of hydrogen-bond donors (Lipinski definition) is 3. The molecule has 0 aliphatic rings. The van der Waals surface area contributed by atoms with Crippen LogP contribution in [-0.2, 0) is 10.0 Å². The van der Waals surface area contributed by atoms with Crippen LogP contribution in [0.2, 0.25) is 0 Å². The highest BCUT2D eigenvalue weighted by Crippen LogP contribution is 2.26. The minimum absolute atomic E-state index is 0.407. The van der Waals surface area contributed by atoms with Crippen molar-refractivity contribution >= 4 is 43.3 Å². The topological polar surface area (TPSA) is 96.0 Å². The Balaban J connectivity index is 1.98. The molecule has 0 saturated carbocycles. The lowest BCUT2D eigenvalue weighted by Gasteiger charge is -2.09. The number of thiophene rings is 1. The van der Waals surface area contributed by atoms with Crippen molar-refractivity contribution in [2.75, 3.05) is 36.5 Å². The van der Waals surface area contributed by atoms with Crippen molar-refractivity contribution in [3.8, 4) is 0 Å². The number of hydrogen-bond acceptors (Lipinski definition) is 7. The van der Waals surface area contributed by atoms with E-state index in [2.05, 4.69) is 25.3 Å². The molecular formula is C12H19N5O2S2. The molecular weight excluding hydrogens is 310 g/mol. The first-order chi connectivity index (χ1) is 9.99. The summed E-state index contributed by atoms with van der Waals surface area (Å²) in [6.45, 7) is 3.79. The summed E-state index contributed by atoms with van der Waals surface area (Å²) in [5.41, 5.74) is 0. The van der Waals surface area contributed by atoms with E-state index >= 15 is 0 Å². The van der Waals surface area contributed by atoms with E-state index in [4.69, 9.17) is 0 Å². The standard InChI is InChI=1S/C12H19N5O2S2/c1-3-13-12-16-10(9-5-8-20-11(9)17-12)14-6-4-7-15-21(2,18)19/h5,8,15H,3-4,6-7H2,1-2H3,(H2,13,14,16,17). The molecule has 0 aliphatic heterocycles. The molecule has 116 valence electrons. The summed E-state index contributed by atoms with van der Waals surface area (Å²) in [7, 11) is -3.12. The monoisotopic (exact) mass is 329 g/mol. The number of fused-ring (bicyclic) bond motifs is 1. The smallest absolute Gasteiger partial charge is 0.226 e. The molecule has 21 heavy (non-hydrogen) atoms. The summed E-state index contributed by atoms with van der Waals surface area (Å²) in [6, 6.07) is 1.98. The van der Waals surface area contributed by atoms with Crippen molar-refractivity contribution in [2.24, 2.45) is 0 Å². The zero-order valence-corrected chi connectivity index (χ0v) is 13.6. The van der Waals surface area contributed by atoms with E-state index in [1.54, 1.807) is 11.3 Å². The van der Waals surface area contributed by atoms with Crippen LogP contribution in [0.5, 0.6) is 0 Å². The van der Waals surface area contributed by atoms with Crippen molar-refractivity contribution in [3.63, 3.8) is 0 Å². The predicted molar refractivity (Wildman–Crippen MR) is 87.5 cm³/mol. The van der Waals surface area contributed by atoms with Gasteiger partial charge in [0, 0.05) is 19.6 Å². The first-order valence-electron chi connectivity index (χ1n) is 6.67. The summed E-state index contributed by atoms with van der Waals surface area (Å²) < 4.78 is 24.4. The molecule has 0 bridgehead atoms. The van der Waals surface area contributed by atoms with Crippen LogP contribution >= 0.6 is 11.3 Å². The molecule has 0 unspecified atom stereocenters. The molecule has 2 aromatic heterocycles. The Morgan fingerprint density at radius 1 is 1.24 bits per heavy atom. The average molecular weight is 329 g/mol. The van der Waals surface area contributed by atoms with Crippen LogP contribution < -0.4 is 15.4 Å². The molecule has 0 aromatic carbocycles. The molecule has 0 fully saturated rings. The van der Waals surface area contributed by atoms with E-state index in [-0.39, 0.29) is 0 Å². The third kappa shape index (κ3) is 4.80. The minimum Gasteiger partial charge on any atom is -0.369 e. The molecule has 0 amide bonds. The summed E-state index contributed by atoms with van der Waals surface area (Å²) in [6.07, 6.45) is 1.84. The van der Waals surface area contributed by atoms with Crippen molar-refractivity contribution in [1.29, 1.82) is 0 Å². The van der Waals surface area contributed by atoms with Crippen molar-refractivity contribution in [1.82, 2.24) is 14.7 Å². The van der Waals surface area contributed by atoms with Gasteiger partial charge in [0.2, 0.25) is 16.0 Å². The number of sulfonamides is 1. The van der Waals surface area contributed by atoms with Gasteiger partial charge in [-0.3, -0.25) is 0 Å². The molecule has 7 nitrogen and oxygen atoms in total. The Labute approximate surface area is 128 Å². The van der Waals surface area contributed by atoms with Gasteiger partial charge in [0.05, 0.1) is 11.6 Å². The van der Waals surface area contributed by atoms with E-state index in [0.29, 0.717) is 25.5 Å². The Hall–Kier alpha value is -1.45. The van der Waals surface area contributed by atoms with Crippen LogP contribution in [-0.4, -0.2) is 44.3 Å². The fraction of sp³-hybridized carbons (Fsp3) is 0.500. The molecule has 2 heterocycles. The molecule has 9 heteroatoms. The molecule has 2 rings (SSSR count). The summed E-state index contributed by atoms with van der Waals surface area (Å²) in [5.74, 6) is 1.38. The highest BCUT2D eigenvalue weighted by Gasteiger charge is 2.08. The van der Waals surface area contributed by atoms with E-state index in [1.807, 2.05) is 18.4 Å². The van der Waals surface area contributed by atoms with Gasteiger partial charge in [0.1, 0.15) is 10.6 Å². The average Bonchev–Trinajstić information content (AvgIpc) is 2.85. The fourth-order valence-electron chi connectivity index (χ4n) is 1.78. The van der Waals surface area contributed by atoms with Crippen LogP contribution in [0, 0.1) is 0 Å². The third-order valence-corrected chi connectivity index (χ3v) is 4.21. The normalized spacial score (nSPS) is 11.7. The molecule has 0 saturated heterocycles. The predicted octanol–water partition coefficient (Wildman–Crippen LogP) is 1.47. The molecule has 3 N–H and O–H groups in total. The van der Waals surface area contributed by atoms with E-state index in [0.717, 1.165) is 28.8 Å². The fourth-order valence-corrected chi connectivity index (χ4v) is 3.06. The van der Waals surface area contributed by atoms with Crippen LogP contribution in [0.25, 0.3) is 10.2 Å². The van der Waals surface area contributed by atoms with Gasteiger partial charge in [0.15, 0.2) is 0 Å². The lowest BCUT2D eigenvalue weighted by Crippen LogP contribution is -2.24. The van der Waals surface area contributed by atoms with Crippen molar-refractivity contribution in [3.05, 3.63) is 11.4 Å². The quantitative estimate of drug-likeness (QED) is 0.635. The van der Waals surface area contributed by atoms with Gasteiger partial charge in [-0.2, -0.15) is 4.98 Å². The van der Waals surface area contributed by atoms with Crippen molar-refractivity contribution < 1.29 is 8.42 Å². The second-order valence-electron chi connectivity index (χ2n) is 4.51. The second kappa shape index (κ2) is 7.01. The van der Waals surface area contributed by atoms with Crippen LogP contribution in [0.3, 0.4) is 0 Å². The van der Waals surface area contributed by atoms with E-state index in [9.17, 15) is 8.42 Å². The van der Waals surface area contributed by atoms with Gasteiger partial charge in [-0.05, 0) is 24.8 Å². The number of nitrogens with zero attached hydrogens (tertiary/aromatic N) is 2. The maximum Gasteiger partial charge on any atom is 0.226 e. The number of aromatic nitrogens is 2. The summed E-state index contributed by atoms with van der Waals surface area (Å²) >= 11 is 1.57. The third-order valence-electron chi connectivity index (χ3n) is 2.67. The molecule has 0 atom stereocenters. The summed E-state index contributed by atoms with van der Waals surface area (Å²) in [4.78, 5) is 9.80. The largest absolute Gasteiger partial charge is 0.369 e.